The zero-order valence-corrected chi connectivity index (χ0v) is 12.1. The summed E-state index contributed by atoms with van der Waals surface area (Å²) in [6.07, 6.45) is 2.72. The molecule has 4 heteroatoms. The number of rotatable bonds is 2. The summed E-state index contributed by atoms with van der Waals surface area (Å²) in [4.78, 5) is 18.5. The molecule has 1 atom stereocenters. The van der Waals surface area contributed by atoms with Gasteiger partial charge in [0.2, 0.25) is 0 Å². The highest BCUT2D eigenvalue weighted by atomic mass is 16.2. The Kier molecular flexibility index (Phi) is 4.75. The molecule has 1 amide bonds. The van der Waals surface area contributed by atoms with Crippen LogP contribution in [0.2, 0.25) is 0 Å². The molecule has 1 saturated heterocycles. The summed E-state index contributed by atoms with van der Waals surface area (Å²) < 4.78 is 0. The van der Waals surface area contributed by atoms with E-state index >= 15 is 0 Å². The highest BCUT2D eigenvalue weighted by Gasteiger charge is 2.29. The highest BCUT2D eigenvalue weighted by Crippen LogP contribution is 2.24. The van der Waals surface area contributed by atoms with Gasteiger partial charge in [-0.2, -0.15) is 0 Å². The van der Waals surface area contributed by atoms with Gasteiger partial charge in [-0.25, -0.2) is 4.98 Å². The standard InChI is InChI=1S/C16H21N3O/c1-12(2)14-7-9-19(11-14)16(20)15-6-5-13(10-18-15)4-3-8-17/h5-6,10,12,14H,7-9,11,17H2,1-2H3. The predicted molar refractivity (Wildman–Crippen MR) is 79.0 cm³/mol. The van der Waals surface area contributed by atoms with E-state index in [1.54, 1.807) is 12.3 Å². The second-order valence-corrected chi connectivity index (χ2v) is 5.48. The minimum Gasteiger partial charge on any atom is -0.337 e. The van der Waals surface area contributed by atoms with Gasteiger partial charge >= 0.3 is 0 Å². The second-order valence-electron chi connectivity index (χ2n) is 5.48. The van der Waals surface area contributed by atoms with Gasteiger partial charge in [0.1, 0.15) is 5.69 Å². The smallest absolute Gasteiger partial charge is 0.272 e. The van der Waals surface area contributed by atoms with E-state index in [0.29, 0.717) is 24.1 Å². The second kappa shape index (κ2) is 6.53. The zero-order chi connectivity index (χ0) is 14.5. The van der Waals surface area contributed by atoms with Crippen LogP contribution in [0.15, 0.2) is 18.3 Å². The van der Waals surface area contributed by atoms with E-state index < -0.39 is 0 Å². The third-order valence-corrected chi connectivity index (χ3v) is 3.77. The molecule has 1 aromatic rings. The molecular formula is C16H21N3O. The maximum Gasteiger partial charge on any atom is 0.272 e. The minimum absolute atomic E-state index is 0.0199. The molecule has 0 radical (unpaired) electrons. The van der Waals surface area contributed by atoms with Gasteiger partial charge < -0.3 is 10.6 Å². The molecular weight excluding hydrogens is 250 g/mol. The zero-order valence-electron chi connectivity index (χ0n) is 12.1. The van der Waals surface area contributed by atoms with Crippen LogP contribution in [0.5, 0.6) is 0 Å². The molecule has 0 spiro atoms. The van der Waals surface area contributed by atoms with Crippen molar-refractivity contribution < 1.29 is 4.79 Å². The Morgan fingerprint density at radius 3 is 2.90 bits per heavy atom. The first-order chi connectivity index (χ1) is 9.61. The molecule has 1 aromatic heterocycles. The Bertz CT molecular complexity index is 525. The van der Waals surface area contributed by atoms with E-state index in [4.69, 9.17) is 5.73 Å². The topological polar surface area (TPSA) is 59.2 Å². The normalized spacial score (nSPS) is 18.0. The first-order valence-electron chi connectivity index (χ1n) is 7.06. The van der Waals surface area contributed by atoms with Crippen molar-refractivity contribution in [1.29, 1.82) is 0 Å². The van der Waals surface area contributed by atoms with Crippen LogP contribution in [-0.2, 0) is 0 Å². The van der Waals surface area contributed by atoms with Crippen molar-refractivity contribution in [3.63, 3.8) is 0 Å². The molecule has 20 heavy (non-hydrogen) atoms. The third kappa shape index (κ3) is 3.37. The van der Waals surface area contributed by atoms with Crippen molar-refractivity contribution in [2.24, 2.45) is 17.6 Å². The molecule has 0 aromatic carbocycles. The van der Waals surface area contributed by atoms with Crippen LogP contribution >= 0.6 is 0 Å². The fourth-order valence-electron chi connectivity index (χ4n) is 2.43. The van der Waals surface area contributed by atoms with E-state index in [-0.39, 0.29) is 5.91 Å². The SMILES string of the molecule is CC(C)C1CCN(C(=O)c2ccc(C#CCN)cn2)C1. The van der Waals surface area contributed by atoms with Crippen LogP contribution in [0.3, 0.4) is 0 Å². The summed E-state index contributed by atoms with van der Waals surface area (Å²) in [5.74, 6) is 6.91. The van der Waals surface area contributed by atoms with Crippen molar-refractivity contribution in [3.8, 4) is 11.8 Å². The van der Waals surface area contributed by atoms with E-state index in [9.17, 15) is 4.79 Å². The van der Waals surface area contributed by atoms with Gasteiger partial charge in [0.25, 0.3) is 5.91 Å². The molecule has 106 valence electrons. The molecule has 0 bridgehead atoms. The Hall–Kier alpha value is -1.86. The molecule has 2 heterocycles. The van der Waals surface area contributed by atoms with Crippen LogP contribution in [0.25, 0.3) is 0 Å². The van der Waals surface area contributed by atoms with Gasteiger partial charge in [0.05, 0.1) is 6.54 Å². The summed E-state index contributed by atoms with van der Waals surface area (Å²) >= 11 is 0. The quantitative estimate of drug-likeness (QED) is 0.829. The maximum absolute atomic E-state index is 12.3. The minimum atomic E-state index is 0.0199. The van der Waals surface area contributed by atoms with Crippen molar-refractivity contribution in [1.82, 2.24) is 9.88 Å². The predicted octanol–water partition coefficient (Wildman–Crippen LogP) is 1.51. The maximum atomic E-state index is 12.3. The molecule has 1 aliphatic rings. The summed E-state index contributed by atoms with van der Waals surface area (Å²) in [5.41, 5.74) is 6.60. The fourth-order valence-corrected chi connectivity index (χ4v) is 2.43. The first-order valence-corrected chi connectivity index (χ1v) is 7.06. The molecule has 4 nitrogen and oxygen atoms in total. The monoisotopic (exact) mass is 271 g/mol. The lowest BCUT2D eigenvalue weighted by Gasteiger charge is -2.17. The van der Waals surface area contributed by atoms with Crippen LogP contribution in [-0.4, -0.2) is 35.4 Å². The van der Waals surface area contributed by atoms with Crippen LogP contribution in [0.1, 0.15) is 36.3 Å². The Morgan fingerprint density at radius 1 is 1.55 bits per heavy atom. The molecule has 1 aliphatic heterocycles. The van der Waals surface area contributed by atoms with Crippen LogP contribution in [0, 0.1) is 23.7 Å². The molecule has 1 unspecified atom stereocenters. The van der Waals surface area contributed by atoms with Gasteiger partial charge in [0.15, 0.2) is 0 Å². The van der Waals surface area contributed by atoms with E-state index in [2.05, 4.69) is 30.7 Å². The third-order valence-electron chi connectivity index (χ3n) is 3.77. The lowest BCUT2D eigenvalue weighted by atomic mass is 9.95. The fraction of sp³-hybridized carbons (Fsp3) is 0.500. The molecule has 0 saturated carbocycles. The highest BCUT2D eigenvalue weighted by molar-refractivity contribution is 5.92. The summed E-state index contributed by atoms with van der Waals surface area (Å²) in [7, 11) is 0. The number of aromatic nitrogens is 1. The van der Waals surface area contributed by atoms with Gasteiger partial charge in [-0.3, -0.25) is 4.79 Å². The Labute approximate surface area is 120 Å². The Balaban J connectivity index is 2.03. The van der Waals surface area contributed by atoms with E-state index in [1.165, 1.54) is 0 Å². The van der Waals surface area contributed by atoms with Gasteiger partial charge in [-0.1, -0.05) is 25.7 Å². The van der Waals surface area contributed by atoms with Crippen molar-refractivity contribution >= 4 is 5.91 Å². The van der Waals surface area contributed by atoms with Crippen LogP contribution in [0.4, 0.5) is 0 Å². The number of carbonyl (C=O) groups excluding carboxylic acids is 1. The number of nitrogens with zero attached hydrogens (tertiary/aromatic N) is 2. The summed E-state index contributed by atoms with van der Waals surface area (Å²) in [5, 5.41) is 0. The molecule has 0 aliphatic carbocycles. The number of likely N-dealkylation sites (tertiary alicyclic amines) is 1. The van der Waals surface area contributed by atoms with E-state index in [1.807, 2.05) is 11.0 Å². The number of carbonyl (C=O) groups is 1. The van der Waals surface area contributed by atoms with E-state index in [0.717, 1.165) is 25.1 Å². The lowest BCUT2D eigenvalue weighted by Crippen LogP contribution is -2.30. The number of pyridine rings is 1. The molecule has 2 rings (SSSR count). The molecule has 2 N–H and O–H groups in total. The largest absolute Gasteiger partial charge is 0.337 e. The number of nitrogens with two attached hydrogens (primary N) is 1. The lowest BCUT2D eigenvalue weighted by molar-refractivity contribution is 0.0778. The number of hydrogen-bond acceptors (Lipinski definition) is 3. The Morgan fingerprint density at radius 2 is 2.35 bits per heavy atom. The van der Waals surface area contributed by atoms with Crippen molar-refractivity contribution in [2.45, 2.75) is 20.3 Å². The van der Waals surface area contributed by atoms with Gasteiger partial charge in [-0.15, -0.1) is 0 Å². The summed E-state index contributed by atoms with van der Waals surface area (Å²) in [6, 6.07) is 3.56. The summed E-state index contributed by atoms with van der Waals surface area (Å²) in [6.45, 7) is 6.42. The average molecular weight is 271 g/mol. The first kappa shape index (κ1) is 14.5. The van der Waals surface area contributed by atoms with Crippen molar-refractivity contribution in [2.75, 3.05) is 19.6 Å². The number of hydrogen-bond donors (Lipinski definition) is 1. The average Bonchev–Trinajstić information content (AvgIpc) is 2.95. The van der Waals surface area contributed by atoms with Crippen molar-refractivity contribution in [3.05, 3.63) is 29.6 Å². The number of amides is 1. The van der Waals surface area contributed by atoms with Gasteiger partial charge in [0, 0.05) is 24.8 Å². The molecule has 1 fully saturated rings. The van der Waals surface area contributed by atoms with Crippen LogP contribution < -0.4 is 5.73 Å². The van der Waals surface area contributed by atoms with Gasteiger partial charge in [-0.05, 0) is 30.4 Å².